The molecule has 5 rings (SSSR count). The summed E-state index contributed by atoms with van der Waals surface area (Å²) in [6.07, 6.45) is 3.45. The largest absolute Gasteiger partial charge is 0.476 e. The molecule has 1 fully saturated rings. The molecule has 1 aliphatic carbocycles. The number of rotatable bonds is 13. The minimum absolute atomic E-state index is 0.0507. The number of hydrogen-bond acceptors (Lipinski definition) is 7. The summed E-state index contributed by atoms with van der Waals surface area (Å²) in [5.41, 5.74) is 1.95. The second-order valence-corrected chi connectivity index (χ2v) is 12.7. The first kappa shape index (κ1) is 31.0. The highest BCUT2D eigenvalue weighted by Gasteiger charge is 2.28. The van der Waals surface area contributed by atoms with Gasteiger partial charge in [0.25, 0.3) is 0 Å². The average molecular weight is 618 g/mol. The number of nitrogens with zero attached hydrogens (tertiary/aromatic N) is 2. The zero-order chi connectivity index (χ0) is 30.9. The Kier molecular flexibility index (Phi) is 10.1. The maximum Gasteiger partial charge on any atom is 0.356 e. The zero-order valence-corrected chi connectivity index (χ0v) is 25.0. The summed E-state index contributed by atoms with van der Waals surface area (Å²) in [7, 11) is -3.60. The van der Waals surface area contributed by atoms with Crippen molar-refractivity contribution in [3.63, 3.8) is 0 Å². The molecular formula is C33H35N3O7S. The number of carboxylic acid groups (broad SMARTS) is 1. The van der Waals surface area contributed by atoms with Crippen molar-refractivity contribution >= 4 is 21.7 Å². The van der Waals surface area contributed by atoms with Gasteiger partial charge in [0.05, 0.1) is 29.4 Å². The van der Waals surface area contributed by atoms with Gasteiger partial charge >= 0.3 is 5.97 Å². The van der Waals surface area contributed by atoms with Gasteiger partial charge in [-0.15, -0.1) is 0 Å². The van der Waals surface area contributed by atoms with E-state index in [9.17, 15) is 23.1 Å². The fraction of sp³-hybridized carbons (Fsp3) is 0.303. The van der Waals surface area contributed by atoms with E-state index in [-0.39, 0.29) is 53.4 Å². The van der Waals surface area contributed by atoms with Crippen LogP contribution in [0.2, 0.25) is 0 Å². The molecule has 4 aromatic rings. The van der Waals surface area contributed by atoms with Crippen molar-refractivity contribution in [3.05, 3.63) is 113 Å². The summed E-state index contributed by atoms with van der Waals surface area (Å²) < 4.78 is 39.4. The quantitative estimate of drug-likeness (QED) is 0.219. The standard InChI is InChI=1S/C33H35N3O7S/c37-31(34-28-17-9-10-18-30(28)42-21-24-11-3-1-4-12-24)20-36-32(19-29(35-36)33(38)39)43-22-25-13-7-8-14-26(25)23-44(40,41)27-15-5-2-6-16-27/h1-8,11-16,19,28,30H,9-10,17-18,20-23H2,(H,34,37)(H,38,39)/t28-,30-/m0/s1. The molecule has 0 spiro atoms. The predicted molar refractivity (Wildman–Crippen MR) is 163 cm³/mol. The van der Waals surface area contributed by atoms with Crippen molar-refractivity contribution < 1.29 is 32.6 Å². The molecule has 1 saturated carbocycles. The van der Waals surface area contributed by atoms with Crippen molar-refractivity contribution in [2.75, 3.05) is 0 Å². The van der Waals surface area contributed by atoms with Gasteiger partial charge in [0.15, 0.2) is 15.5 Å². The highest BCUT2D eigenvalue weighted by Crippen LogP contribution is 2.24. The van der Waals surface area contributed by atoms with Crippen molar-refractivity contribution in [2.24, 2.45) is 0 Å². The van der Waals surface area contributed by atoms with E-state index in [4.69, 9.17) is 9.47 Å². The molecule has 11 heteroatoms. The lowest BCUT2D eigenvalue weighted by Gasteiger charge is -2.32. The van der Waals surface area contributed by atoms with E-state index in [1.165, 1.54) is 10.7 Å². The fourth-order valence-corrected chi connectivity index (χ4v) is 6.70. The van der Waals surface area contributed by atoms with Gasteiger partial charge < -0.3 is 19.9 Å². The topological polar surface area (TPSA) is 137 Å². The summed E-state index contributed by atoms with van der Waals surface area (Å²) in [5.74, 6) is -1.75. The van der Waals surface area contributed by atoms with Crippen molar-refractivity contribution in [1.29, 1.82) is 0 Å². The number of hydrogen-bond donors (Lipinski definition) is 2. The van der Waals surface area contributed by atoms with Crippen molar-refractivity contribution in [1.82, 2.24) is 15.1 Å². The number of benzene rings is 3. The number of sulfone groups is 1. The second-order valence-electron chi connectivity index (χ2n) is 10.8. The van der Waals surface area contributed by atoms with Gasteiger partial charge in [0.2, 0.25) is 11.8 Å². The number of carbonyl (C=O) groups excluding carboxylic acids is 1. The molecule has 3 aromatic carbocycles. The molecule has 2 atom stereocenters. The van der Waals surface area contributed by atoms with Crippen LogP contribution in [-0.2, 0) is 44.9 Å². The van der Waals surface area contributed by atoms with E-state index in [1.54, 1.807) is 54.6 Å². The molecule has 0 unspecified atom stereocenters. The summed E-state index contributed by atoms with van der Waals surface area (Å²) in [6.45, 7) is 0.143. The summed E-state index contributed by atoms with van der Waals surface area (Å²) in [5, 5.41) is 16.7. The third-order valence-corrected chi connectivity index (χ3v) is 9.23. The minimum atomic E-state index is -3.60. The molecule has 2 N–H and O–H groups in total. The zero-order valence-electron chi connectivity index (χ0n) is 24.2. The molecule has 1 heterocycles. The van der Waals surface area contributed by atoms with E-state index in [1.807, 2.05) is 30.3 Å². The van der Waals surface area contributed by atoms with Crippen LogP contribution in [0.3, 0.4) is 0 Å². The van der Waals surface area contributed by atoms with Crippen LogP contribution in [0.4, 0.5) is 0 Å². The number of carbonyl (C=O) groups is 2. The van der Waals surface area contributed by atoms with Crippen LogP contribution >= 0.6 is 0 Å². The molecular weight excluding hydrogens is 582 g/mol. The Balaban J connectivity index is 1.25. The van der Waals surface area contributed by atoms with Crippen LogP contribution in [0.15, 0.2) is 95.9 Å². The minimum Gasteiger partial charge on any atom is -0.476 e. The molecule has 1 amide bonds. The molecule has 0 radical (unpaired) electrons. The Bertz CT molecular complexity index is 1670. The Labute approximate surface area is 256 Å². The third-order valence-electron chi connectivity index (χ3n) is 7.55. The van der Waals surface area contributed by atoms with E-state index in [0.29, 0.717) is 17.7 Å². The van der Waals surface area contributed by atoms with Crippen LogP contribution in [-0.4, -0.2) is 47.3 Å². The van der Waals surface area contributed by atoms with E-state index in [2.05, 4.69) is 10.4 Å². The van der Waals surface area contributed by atoms with Crippen molar-refractivity contribution in [2.45, 2.75) is 68.2 Å². The van der Waals surface area contributed by atoms with Gasteiger partial charge in [-0.2, -0.15) is 5.10 Å². The third kappa shape index (κ3) is 8.12. The van der Waals surface area contributed by atoms with E-state index in [0.717, 1.165) is 31.2 Å². The molecule has 0 bridgehead atoms. The number of ether oxygens (including phenoxy) is 2. The molecule has 10 nitrogen and oxygen atoms in total. The average Bonchev–Trinajstić information content (AvgIpc) is 3.43. The number of carboxylic acids is 1. The maximum absolute atomic E-state index is 13.2. The lowest BCUT2D eigenvalue weighted by atomic mass is 9.92. The Morgan fingerprint density at radius 3 is 2.27 bits per heavy atom. The van der Waals surface area contributed by atoms with Gasteiger partial charge in [-0.1, -0.05) is 85.6 Å². The van der Waals surface area contributed by atoms with E-state index >= 15 is 0 Å². The summed E-state index contributed by atoms with van der Waals surface area (Å²) in [4.78, 5) is 25.1. The number of nitrogens with one attached hydrogen (secondary N) is 1. The number of aromatic nitrogens is 2. The van der Waals surface area contributed by atoms with Gasteiger partial charge in [-0.25, -0.2) is 17.9 Å². The first-order valence-electron chi connectivity index (χ1n) is 14.5. The lowest BCUT2D eigenvalue weighted by molar-refractivity contribution is -0.124. The molecule has 0 saturated heterocycles. The van der Waals surface area contributed by atoms with Crippen LogP contribution in [0.1, 0.15) is 52.9 Å². The number of amides is 1. The molecule has 1 aromatic heterocycles. The second kappa shape index (κ2) is 14.3. The molecule has 1 aliphatic rings. The fourth-order valence-electron chi connectivity index (χ4n) is 5.27. The van der Waals surface area contributed by atoms with Gasteiger partial charge in [-0.3, -0.25) is 4.79 Å². The monoisotopic (exact) mass is 617 g/mol. The maximum atomic E-state index is 13.2. The first-order valence-corrected chi connectivity index (χ1v) is 16.2. The SMILES string of the molecule is O=C(Cn1nc(C(=O)O)cc1OCc1ccccc1CS(=O)(=O)c1ccccc1)N[C@H]1CCCC[C@@H]1OCc1ccccc1. The first-order chi connectivity index (χ1) is 21.3. The highest BCUT2D eigenvalue weighted by molar-refractivity contribution is 7.90. The summed E-state index contributed by atoms with van der Waals surface area (Å²) >= 11 is 0. The molecule has 0 aliphatic heterocycles. The lowest BCUT2D eigenvalue weighted by Crippen LogP contribution is -2.47. The Morgan fingerprint density at radius 1 is 0.886 bits per heavy atom. The van der Waals surface area contributed by atoms with Crippen molar-refractivity contribution in [3.8, 4) is 5.88 Å². The van der Waals surface area contributed by atoms with Crippen LogP contribution in [0.25, 0.3) is 0 Å². The highest BCUT2D eigenvalue weighted by atomic mass is 32.2. The van der Waals surface area contributed by atoms with Crippen LogP contribution < -0.4 is 10.1 Å². The van der Waals surface area contributed by atoms with Gasteiger partial charge in [-0.05, 0) is 41.7 Å². The molecule has 44 heavy (non-hydrogen) atoms. The van der Waals surface area contributed by atoms with E-state index < -0.39 is 15.8 Å². The van der Waals surface area contributed by atoms with Gasteiger partial charge in [0, 0.05) is 6.07 Å². The van der Waals surface area contributed by atoms with Crippen LogP contribution in [0.5, 0.6) is 5.88 Å². The normalized spacial score (nSPS) is 16.7. The van der Waals surface area contributed by atoms with Gasteiger partial charge in [0.1, 0.15) is 13.2 Å². The van der Waals surface area contributed by atoms with Crippen LogP contribution in [0, 0.1) is 0 Å². The Hall–Kier alpha value is -4.48. The predicted octanol–water partition coefficient (Wildman–Crippen LogP) is 4.78. The molecule has 230 valence electrons. The smallest absolute Gasteiger partial charge is 0.356 e. The number of aromatic carboxylic acids is 1. The Morgan fingerprint density at radius 2 is 1.55 bits per heavy atom. The summed E-state index contributed by atoms with van der Waals surface area (Å²) in [6, 6.07) is 26.1.